The summed E-state index contributed by atoms with van der Waals surface area (Å²) in [4.78, 5) is 57.6. The summed E-state index contributed by atoms with van der Waals surface area (Å²) in [7, 11) is 1.62. The molecule has 2 aliphatic heterocycles. The van der Waals surface area contributed by atoms with Crippen LogP contribution in [0.3, 0.4) is 0 Å². The fourth-order valence-electron chi connectivity index (χ4n) is 5.22. The topological polar surface area (TPSA) is 106 Å². The van der Waals surface area contributed by atoms with Crippen molar-refractivity contribution >= 4 is 35.1 Å². The average molecular weight is 560 g/mol. The Kier molecular flexibility index (Phi) is 9.54. The number of likely N-dealkylation sites (tertiary alicyclic amines) is 1. The highest BCUT2D eigenvalue weighted by Gasteiger charge is 2.42. The number of nitrogens with zero attached hydrogens (tertiary/aromatic N) is 3. The van der Waals surface area contributed by atoms with Crippen LogP contribution >= 0.6 is 0 Å². The van der Waals surface area contributed by atoms with Crippen molar-refractivity contribution in [3.8, 4) is 5.75 Å². The molecule has 1 saturated heterocycles. The van der Waals surface area contributed by atoms with E-state index in [0.717, 1.165) is 0 Å². The summed E-state index contributed by atoms with van der Waals surface area (Å²) in [6.45, 7) is 15.5. The maximum atomic E-state index is 14.1. The minimum atomic E-state index is -1.02. The number of Topliss-reactive ketones (excluding diaryl/α,β-unsaturated/α-hetero) is 1. The van der Waals surface area contributed by atoms with Crippen LogP contribution in [0, 0.1) is 11.8 Å². The number of piperidine rings is 1. The summed E-state index contributed by atoms with van der Waals surface area (Å²) >= 11 is 0. The van der Waals surface area contributed by atoms with E-state index in [1.165, 1.54) is 11.8 Å². The highest BCUT2D eigenvalue weighted by molar-refractivity contribution is 6.04. The molecule has 0 radical (unpaired) electrons. The van der Waals surface area contributed by atoms with Crippen LogP contribution in [-0.2, 0) is 23.9 Å². The number of hydrogen-bond donors (Lipinski definition) is 0. The molecule has 0 unspecified atom stereocenters. The summed E-state index contributed by atoms with van der Waals surface area (Å²) in [5, 5.41) is 0. The van der Waals surface area contributed by atoms with Crippen molar-refractivity contribution in [3.63, 3.8) is 0 Å². The van der Waals surface area contributed by atoms with Gasteiger partial charge >= 0.3 is 6.09 Å². The fraction of sp³-hybridized carbons (Fsp3) is 0.667. The quantitative estimate of drug-likeness (QED) is 0.434. The van der Waals surface area contributed by atoms with Gasteiger partial charge in [-0.1, -0.05) is 0 Å². The maximum Gasteiger partial charge on any atom is 0.410 e. The molecule has 0 aromatic heterocycles. The zero-order valence-corrected chi connectivity index (χ0v) is 25.4. The van der Waals surface area contributed by atoms with E-state index in [9.17, 15) is 19.2 Å². The minimum Gasteiger partial charge on any atom is -0.476 e. The third kappa shape index (κ3) is 7.13. The van der Waals surface area contributed by atoms with Crippen LogP contribution < -0.4 is 14.5 Å². The van der Waals surface area contributed by atoms with Crippen LogP contribution in [0.25, 0.3) is 0 Å². The van der Waals surface area contributed by atoms with E-state index in [1.54, 1.807) is 57.6 Å². The zero-order chi connectivity index (χ0) is 30.0. The molecule has 1 aromatic carbocycles. The lowest BCUT2D eigenvalue weighted by Gasteiger charge is -2.41. The number of amides is 3. The Balaban J connectivity index is 1.95. The number of fused-ring (bicyclic) bond motifs is 1. The van der Waals surface area contributed by atoms with Crippen molar-refractivity contribution in [2.45, 2.75) is 85.5 Å². The number of anilines is 2. The van der Waals surface area contributed by atoms with Crippen molar-refractivity contribution in [1.29, 1.82) is 0 Å². The Morgan fingerprint density at radius 1 is 1.15 bits per heavy atom. The standard InChI is InChI=1S/C30H45N3O7/c1-19(2)33(26(35)22-15-21(20(3)34)17-31(18-22)28(37)40-29(4,5)6)23-11-12-25-24(16-23)32(13-10-14-38-9)27(36)30(7,8)39-25/h11-12,16,19,21-22H,10,13-15,17-18H2,1-9H3/t21-,22+/m0/s1. The molecule has 2 aliphatic rings. The van der Waals surface area contributed by atoms with Gasteiger partial charge in [-0.2, -0.15) is 0 Å². The first-order chi connectivity index (χ1) is 18.6. The molecule has 1 aromatic rings. The summed E-state index contributed by atoms with van der Waals surface area (Å²) in [5.41, 5.74) is -0.516. The lowest BCUT2D eigenvalue weighted by atomic mass is 9.86. The van der Waals surface area contributed by atoms with Crippen molar-refractivity contribution in [1.82, 2.24) is 4.90 Å². The summed E-state index contributed by atoms with van der Waals surface area (Å²) < 4.78 is 16.8. The Morgan fingerprint density at radius 3 is 2.38 bits per heavy atom. The van der Waals surface area contributed by atoms with Crippen molar-refractivity contribution in [2.24, 2.45) is 11.8 Å². The molecule has 0 N–H and O–H groups in total. The minimum absolute atomic E-state index is 0.0686. The summed E-state index contributed by atoms with van der Waals surface area (Å²) in [5.74, 6) is -0.919. The van der Waals surface area contributed by atoms with Gasteiger partial charge in [0.1, 0.15) is 17.1 Å². The van der Waals surface area contributed by atoms with Gasteiger partial charge in [0, 0.05) is 51.0 Å². The summed E-state index contributed by atoms with van der Waals surface area (Å²) in [6.07, 6.45) is 0.454. The predicted octanol–water partition coefficient (Wildman–Crippen LogP) is 4.43. The second kappa shape index (κ2) is 12.2. The highest BCUT2D eigenvalue weighted by Crippen LogP contribution is 2.41. The molecule has 0 spiro atoms. The number of ketones is 1. The normalized spacial score (nSPS) is 20.6. The first-order valence-corrected chi connectivity index (χ1v) is 14.0. The molecule has 0 aliphatic carbocycles. The molecular weight excluding hydrogens is 514 g/mol. The Hall–Kier alpha value is -3.14. The van der Waals surface area contributed by atoms with Crippen molar-refractivity contribution < 1.29 is 33.4 Å². The number of hydrogen-bond acceptors (Lipinski definition) is 7. The average Bonchev–Trinajstić information content (AvgIpc) is 2.85. The smallest absolute Gasteiger partial charge is 0.410 e. The summed E-state index contributed by atoms with van der Waals surface area (Å²) in [6, 6.07) is 5.19. The van der Waals surface area contributed by atoms with Gasteiger partial charge in [-0.25, -0.2) is 4.79 Å². The number of carbonyl (C=O) groups is 4. The number of carbonyl (C=O) groups excluding carboxylic acids is 4. The second-order valence-electron chi connectivity index (χ2n) is 12.5. The second-order valence-corrected chi connectivity index (χ2v) is 12.5. The first-order valence-electron chi connectivity index (χ1n) is 14.0. The molecule has 2 atom stereocenters. The van der Waals surface area contributed by atoms with E-state index in [0.29, 0.717) is 43.1 Å². The lowest BCUT2D eigenvalue weighted by Crippen LogP contribution is -2.53. The number of rotatable bonds is 8. The van der Waals surface area contributed by atoms with E-state index in [1.807, 2.05) is 26.0 Å². The molecule has 10 heteroatoms. The molecule has 0 saturated carbocycles. The van der Waals surface area contributed by atoms with E-state index >= 15 is 0 Å². The van der Waals surface area contributed by atoms with Crippen LogP contribution in [0.5, 0.6) is 5.75 Å². The van der Waals surface area contributed by atoms with E-state index in [4.69, 9.17) is 14.2 Å². The Morgan fingerprint density at radius 2 is 1.80 bits per heavy atom. The van der Waals surface area contributed by atoms with Crippen LogP contribution in [0.15, 0.2) is 18.2 Å². The third-order valence-electron chi connectivity index (χ3n) is 7.15. The van der Waals surface area contributed by atoms with Crippen LogP contribution in [0.4, 0.5) is 16.2 Å². The van der Waals surface area contributed by atoms with Gasteiger partial charge in [0.2, 0.25) is 5.91 Å². The molecule has 3 rings (SSSR count). The largest absolute Gasteiger partial charge is 0.476 e. The van der Waals surface area contributed by atoms with Crippen LogP contribution in [-0.4, -0.2) is 79.2 Å². The van der Waals surface area contributed by atoms with Gasteiger partial charge in [0.25, 0.3) is 5.91 Å². The number of ether oxygens (including phenoxy) is 3. The predicted molar refractivity (Wildman–Crippen MR) is 153 cm³/mol. The van der Waals surface area contributed by atoms with E-state index in [2.05, 4.69) is 0 Å². The van der Waals surface area contributed by atoms with Gasteiger partial charge < -0.3 is 28.9 Å². The molecule has 1 fully saturated rings. The van der Waals surface area contributed by atoms with Gasteiger partial charge in [-0.3, -0.25) is 14.4 Å². The Labute approximate surface area is 237 Å². The van der Waals surface area contributed by atoms with Crippen LogP contribution in [0.1, 0.15) is 68.2 Å². The number of methoxy groups -OCH3 is 1. The molecule has 10 nitrogen and oxygen atoms in total. The van der Waals surface area contributed by atoms with Crippen molar-refractivity contribution in [2.75, 3.05) is 43.2 Å². The fourth-order valence-corrected chi connectivity index (χ4v) is 5.22. The molecule has 222 valence electrons. The van der Waals surface area contributed by atoms with E-state index in [-0.39, 0.29) is 36.7 Å². The monoisotopic (exact) mass is 559 g/mol. The van der Waals surface area contributed by atoms with Gasteiger partial charge in [-0.05, 0) is 86.4 Å². The third-order valence-corrected chi connectivity index (χ3v) is 7.15. The highest BCUT2D eigenvalue weighted by atomic mass is 16.6. The zero-order valence-electron chi connectivity index (χ0n) is 25.4. The molecule has 0 bridgehead atoms. The van der Waals surface area contributed by atoms with Crippen molar-refractivity contribution in [3.05, 3.63) is 18.2 Å². The van der Waals surface area contributed by atoms with E-state index < -0.39 is 29.1 Å². The SMILES string of the molecule is COCCCN1C(=O)C(C)(C)Oc2ccc(N(C(=O)[C@@H]3C[C@H](C(C)=O)CN(C(=O)OC(C)(C)C)C3)C(C)C)cc21. The van der Waals surface area contributed by atoms with Crippen LogP contribution in [0.2, 0.25) is 0 Å². The number of benzene rings is 1. The molecule has 2 heterocycles. The lowest BCUT2D eigenvalue weighted by molar-refractivity contribution is -0.132. The molecule has 40 heavy (non-hydrogen) atoms. The first kappa shape index (κ1) is 31.4. The molecular formula is C30H45N3O7. The maximum absolute atomic E-state index is 14.1. The molecule has 3 amide bonds. The van der Waals surface area contributed by atoms with Gasteiger partial charge in [-0.15, -0.1) is 0 Å². The van der Waals surface area contributed by atoms with Gasteiger partial charge in [0.15, 0.2) is 5.60 Å². The van der Waals surface area contributed by atoms with Gasteiger partial charge in [0.05, 0.1) is 11.6 Å². The Bertz CT molecular complexity index is 1120.